The quantitative estimate of drug-likeness (QED) is 0.564. The van der Waals surface area contributed by atoms with Gasteiger partial charge in [-0.05, 0) is 30.5 Å². The number of methoxy groups -OCH3 is 1. The third-order valence-electron chi connectivity index (χ3n) is 5.85. The van der Waals surface area contributed by atoms with Gasteiger partial charge in [0.25, 0.3) is 0 Å². The van der Waals surface area contributed by atoms with E-state index in [2.05, 4.69) is 20.1 Å². The van der Waals surface area contributed by atoms with Crippen LogP contribution < -0.4 is 10.1 Å². The zero-order chi connectivity index (χ0) is 21.5. The number of benzene rings is 1. The highest BCUT2D eigenvalue weighted by molar-refractivity contribution is 5.85. The lowest BCUT2D eigenvalue weighted by Crippen LogP contribution is -2.54. The first-order valence-electron chi connectivity index (χ1n) is 10.8. The molecule has 0 atom stereocenters. The van der Waals surface area contributed by atoms with Crippen molar-refractivity contribution in [3.63, 3.8) is 0 Å². The van der Waals surface area contributed by atoms with Crippen molar-refractivity contribution in [2.75, 3.05) is 53.9 Å². The smallest absolute Gasteiger partial charge is 0.243 e. The van der Waals surface area contributed by atoms with E-state index < -0.39 is 0 Å². The molecule has 1 aromatic rings. The van der Waals surface area contributed by atoms with Crippen molar-refractivity contribution in [1.29, 1.82) is 0 Å². The lowest BCUT2D eigenvalue weighted by atomic mass is 10.2. The van der Waals surface area contributed by atoms with Crippen LogP contribution in [0.2, 0.25) is 0 Å². The second kappa shape index (κ2) is 10.6. The number of hydrogen-bond acceptors (Lipinski definition) is 4. The van der Waals surface area contributed by atoms with Crippen molar-refractivity contribution in [1.82, 2.24) is 20.0 Å². The van der Waals surface area contributed by atoms with E-state index in [1.807, 2.05) is 6.07 Å². The topological polar surface area (TPSA) is 60.4 Å². The first-order valence-corrected chi connectivity index (χ1v) is 10.8. The van der Waals surface area contributed by atoms with Gasteiger partial charge in [0.15, 0.2) is 17.5 Å². The molecule has 1 aliphatic carbocycles. The minimum absolute atomic E-state index is 0.000824. The summed E-state index contributed by atoms with van der Waals surface area (Å²) in [6.07, 6.45) is 4.80. The first-order chi connectivity index (χ1) is 14.5. The Morgan fingerprint density at radius 2 is 1.93 bits per heavy atom. The van der Waals surface area contributed by atoms with Gasteiger partial charge in [0, 0.05) is 52.9 Å². The summed E-state index contributed by atoms with van der Waals surface area (Å²) in [5.41, 5.74) is 0.941. The molecule has 1 heterocycles. The highest BCUT2D eigenvalue weighted by Gasteiger charge is 2.24. The van der Waals surface area contributed by atoms with Gasteiger partial charge in [0.05, 0.1) is 7.11 Å². The number of guanidine groups is 1. The fraction of sp³-hybridized carbons (Fsp3) is 0.636. The normalized spacial score (nSPS) is 18.5. The van der Waals surface area contributed by atoms with Crippen molar-refractivity contribution in [2.45, 2.75) is 38.3 Å². The minimum atomic E-state index is -0.325. The average Bonchev–Trinajstić information content (AvgIpc) is 3.25. The van der Waals surface area contributed by atoms with Crippen LogP contribution in [0, 0.1) is 5.82 Å². The zero-order valence-corrected chi connectivity index (χ0v) is 18.4. The van der Waals surface area contributed by atoms with Gasteiger partial charge in [-0.15, -0.1) is 0 Å². The van der Waals surface area contributed by atoms with E-state index in [4.69, 9.17) is 4.74 Å². The Morgan fingerprint density at radius 1 is 1.23 bits per heavy atom. The molecule has 1 amide bonds. The summed E-state index contributed by atoms with van der Waals surface area (Å²) in [6.45, 7) is 4.24. The molecule has 2 aliphatic rings. The van der Waals surface area contributed by atoms with Crippen LogP contribution in [0.5, 0.6) is 5.75 Å². The number of nitrogens with zero attached hydrogens (tertiary/aromatic N) is 4. The molecule has 0 unspecified atom stereocenters. The largest absolute Gasteiger partial charge is 0.494 e. The molecule has 3 rings (SSSR count). The maximum Gasteiger partial charge on any atom is 0.243 e. The summed E-state index contributed by atoms with van der Waals surface area (Å²) in [4.78, 5) is 22.8. The SMILES string of the molecule is COc1ccc(CN2CCN(C(=NCC(=O)N(C)C)NC3CCCC3)CC2)cc1F. The van der Waals surface area contributed by atoms with Gasteiger partial charge in [0.2, 0.25) is 5.91 Å². The molecule has 0 bridgehead atoms. The first kappa shape index (κ1) is 22.3. The maximum atomic E-state index is 14.0. The molecule has 0 radical (unpaired) electrons. The Bertz CT molecular complexity index is 741. The number of ether oxygens (including phenoxy) is 1. The number of amides is 1. The number of piperazine rings is 1. The zero-order valence-electron chi connectivity index (χ0n) is 18.4. The van der Waals surface area contributed by atoms with E-state index in [-0.39, 0.29) is 24.0 Å². The molecular weight excluding hydrogens is 385 g/mol. The third-order valence-corrected chi connectivity index (χ3v) is 5.85. The average molecular weight is 420 g/mol. The standard InChI is InChI=1S/C22H34FN5O2/c1-26(2)21(29)15-24-22(25-18-6-4-5-7-18)28-12-10-27(11-13-28)16-17-8-9-20(30-3)19(23)14-17/h8-9,14,18H,4-7,10-13,15-16H2,1-3H3,(H,24,25). The third kappa shape index (κ3) is 6.08. The molecule has 1 N–H and O–H groups in total. The van der Waals surface area contributed by atoms with E-state index in [1.54, 1.807) is 31.1 Å². The summed E-state index contributed by atoms with van der Waals surface area (Å²) in [7, 11) is 4.98. The number of carbonyl (C=O) groups is 1. The van der Waals surface area contributed by atoms with Crippen LogP contribution in [0.25, 0.3) is 0 Å². The predicted octanol–water partition coefficient (Wildman–Crippen LogP) is 1.93. The predicted molar refractivity (Wildman–Crippen MR) is 116 cm³/mol. The molecule has 1 aliphatic heterocycles. The summed E-state index contributed by atoms with van der Waals surface area (Å²) >= 11 is 0. The number of likely N-dealkylation sites (N-methyl/N-ethyl adjacent to an activating group) is 1. The molecule has 8 heteroatoms. The van der Waals surface area contributed by atoms with E-state index in [0.29, 0.717) is 12.6 Å². The van der Waals surface area contributed by atoms with Gasteiger partial charge in [-0.25, -0.2) is 9.38 Å². The molecule has 1 saturated carbocycles. The monoisotopic (exact) mass is 419 g/mol. The molecular formula is C22H34FN5O2. The van der Waals surface area contributed by atoms with Crippen molar-refractivity contribution >= 4 is 11.9 Å². The molecule has 166 valence electrons. The number of rotatable bonds is 6. The molecule has 1 saturated heterocycles. The fourth-order valence-corrected chi connectivity index (χ4v) is 3.96. The number of nitrogens with one attached hydrogen (secondary N) is 1. The van der Waals surface area contributed by atoms with Crippen LogP contribution in [-0.4, -0.2) is 86.5 Å². The number of carbonyl (C=O) groups excluding carboxylic acids is 1. The maximum absolute atomic E-state index is 14.0. The van der Waals surface area contributed by atoms with Gasteiger partial charge < -0.3 is 19.9 Å². The van der Waals surface area contributed by atoms with Crippen LogP contribution in [0.1, 0.15) is 31.2 Å². The van der Waals surface area contributed by atoms with Crippen molar-refractivity contribution in [3.8, 4) is 5.75 Å². The van der Waals surface area contributed by atoms with Gasteiger partial charge >= 0.3 is 0 Å². The molecule has 1 aromatic carbocycles. The van der Waals surface area contributed by atoms with Crippen molar-refractivity contribution in [3.05, 3.63) is 29.6 Å². The highest BCUT2D eigenvalue weighted by Crippen LogP contribution is 2.20. The van der Waals surface area contributed by atoms with Gasteiger partial charge in [-0.1, -0.05) is 18.9 Å². The molecule has 0 aromatic heterocycles. The molecule has 7 nitrogen and oxygen atoms in total. The second-order valence-electron chi connectivity index (χ2n) is 8.29. The number of aliphatic imine (C=N–C) groups is 1. The highest BCUT2D eigenvalue weighted by atomic mass is 19.1. The van der Waals surface area contributed by atoms with Crippen molar-refractivity contribution in [2.24, 2.45) is 4.99 Å². The van der Waals surface area contributed by atoms with Crippen LogP contribution >= 0.6 is 0 Å². The van der Waals surface area contributed by atoms with E-state index in [0.717, 1.165) is 50.5 Å². The van der Waals surface area contributed by atoms with Crippen molar-refractivity contribution < 1.29 is 13.9 Å². The summed E-state index contributed by atoms with van der Waals surface area (Å²) in [5.74, 6) is 0.789. The minimum Gasteiger partial charge on any atom is -0.494 e. The Hall–Kier alpha value is -2.35. The fourth-order valence-electron chi connectivity index (χ4n) is 3.96. The summed E-state index contributed by atoms with van der Waals surface area (Å²) < 4.78 is 19.0. The van der Waals surface area contributed by atoms with Gasteiger partial charge in [-0.2, -0.15) is 0 Å². The molecule has 2 fully saturated rings. The molecule has 30 heavy (non-hydrogen) atoms. The summed E-state index contributed by atoms with van der Waals surface area (Å²) in [5, 5.41) is 3.59. The van der Waals surface area contributed by atoms with Gasteiger partial charge in [0.1, 0.15) is 6.54 Å². The lowest BCUT2D eigenvalue weighted by molar-refractivity contribution is -0.127. The van der Waals surface area contributed by atoms with Crippen LogP contribution in [0.15, 0.2) is 23.2 Å². The Morgan fingerprint density at radius 3 is 2.53 bits per heavy atom. The van der Waals surface area contributed by atoms with Crippen LogP contribution in [0.4, 0.5) is 4.39 Å². The van der Waals surface area contributed by atoms with Crippen LogP contribution in [0.3, 0.4) is 0 Å². The Labute approximate surface area is 178 Å². The second-order valence-corrected chi connectivity index (χ2v) is 8.29. The lowest BCUT2D eigenvalue weighted by Gasteiger charge is -2.37. The number of halogens is 1. The summed E-state index contributed by atoms with van der Waals surface area (Å²) in [6, 6.07) is 5.58. The Kier molecular flexibility index (Phi) is 7.90. The van der Waals surface area contributed by atoms with Gasteiger partial charge in [-0.3, -0.25) is 9.69 Å². The Balaban J connectivity index is 1.58. The molecule has 0 spiro atoms. The van der Waals surface area contributed by atoms with E-state index in [1.165, 1.54) is 20.0 Å². The van der Waals surface area contributed by atoms with Crippen LogP contribution in [-0.2, 0) is 11.3 Å². The van der Waals surface area contributed by atoms with E-state index in [9.17, 15) is 9.18 Å². The number of hydrogen-bond donors (Lipinski definition) is 1. The van der Waals surface area contributed by atoms with E-state index >= 15 is 0 Å².